The van der Waals surface area contributed by atoms with E-state index in [1.807, 2.05) is 6.92 Å². The molecule has 0 amide bonds. The maximum atomic E-state index is 11.7. The number of aliphatic carboxylic acids is 1. The third-order valence-electron chi connectivity index (χ3n) is 2.41. The molecular formula is C11H23NO4S. The molecule has 0 aliphatic rings. The molecule has 0 aromatic heterocycles. The molecule has 5 nitrogen and oxygen atoms in total. The van der Waals surface area contributed by atoms with Crippen molar-refractivity contribution in [2.75, 3.05) is 5.75 Å². The zero-order valence-electron chi connectivity index (χ0n) is 10.8. The van der Waals surface area contributed by atoms with Crippen LogP contribution in [0.4, 0.5) is 0 Å². The van der Waals surface area contributed by atoms with Gasteiger partial charge in [-0.1, -0.05) is 19.8 Å². The van der Waals surface area contributed by atoms with Gasteiger partial charge in [0.05, 0.1) is 5.75 Å². The summed E-state index contributed by atoms with van der Waals surface area (Å²) in [5.41, 5.74) is -0.705. The average molecular weight is 265 g/mol. The highest BCUT2D eigenvalue weighted by atomic mass is 32.2. The van der Waals surface area contributed by atoms with E-state index in [2.05, 4.69) is 4.72 Å². The second-order valence-electron chi connectivity index (χ2n) is 4.91. The van der Waals surface area contributed by atoms with E-state index in [1.165, 1.54) is 0 Å². The largest absolute Gasteiger partial charge is 0.481 e. The van der Waals surface area contributed by atoms with Crippen LogP contribution in [-0.2, 0) is 14.8 Å². The number of sulfonamides is 1. The fourth-order valence-corrected chi connectivity index (χ4v) is 3.11. The Balaban J connectivity index is 4.23. The van der Waals surface area contributed by atoms with Crippen LogP contribution < -0.4 is 4.72 Å². The van der Waals surface area contributed by atoms with E-state index in [1.54, 1.807) is 13.8 Å². The van der Waals surface area contributed by atoms with Crippen molar-refractivity contribution in [2.24, 2.45) is 0 Å². The van der Waals surface area contributed by atoms with E-state index in [4.69, 9.17) is 5.11 Å². The van der Waals surface area contributed by atoms with Crippen molar-refractivity contribution in [3.63, 3.8) is 0 Å². The summed E-state index contributed by atoms with van der Waals surface area (Å²) in [6.45, 7) is 5.41. The number of nitrogens with one attached hydrogen (secondary N) is 1. The van der Waals surface area contributed by atoms with Crippen LogP contribution >= 0.6 is 0 Å². The Morgan fingerprint density at radius 2 is 1.88 bits per heavy atom. The minimum absolute atomic E-state index is 0.0372. The molecule has 0 saturated heterocycles. The number of carboxylic acids is 1. The number of rotatable bonds is 9. The van der Waals surface area contributed by atoms with Crippen molar-refractivity contribution in [2.45, 2.75) is 58.4 Å². The van der Waals surface area contributed by atoms with Gasteiger partial charge in [0.1, 0.15) is 0 Å². The quantitative estimate of drug-likeness (QED) is 0.622. The highest BCUT2D eigenvalue weighted by Crippen LogP contribution is 2.13. The van der Waals surface area contributed by atoms with Crippen molar-refractivity contribution >= 4 is 16.0 Å². The van der Waals surface area contributed by atoms with Crippen LogP contribution in [0.2, 0.25) is 0 Å². The van der Waals surface area contributed by atoms with Crippen molar-refractivity contribution in [1.29, 1.82) is 0 Å². The Kier molecular flexibility index (Phi) is 6.70. The van der Waals surface area contributed by atoms with Gasteiger partial charge in [-0.2, -0.15) is 0 Å². The third-order valence-corrected chi connectivity index (χ3v) is 4.10. The molecule has 2 N–H and O–H groups in total. The maximum absolute atomic E-state index is 11.7. The minimum Gasteiger partial charge on any atom is -0.481 e. The fourth-order valence-electron chi connectivity index (χ4n) is 1.48. The lowest BCUT2D eigenvalue weighted by atomic mass is 10.0. The summed E-state index contributed by atoms with van der Waals surface area (Å²) >= 11 is 0. The van der Waals surface area contributed by atoms with E-state index in [0.717, 1.165) is 12.8 Å². The van der Waals surface area contributed by atoms with Crippen LogP contribution in [0, 0.1) is 0 Å². The first-order chi connectivity index (χ1) is 7.68. The normalized spacial score (nSPS) is 12.6. The lowest BCUT2D eigenvalue weighted by molar-refractivity contribution is -0.137. The van der Waals surface area contributed by atoms with Gasteiger partial charge in [0.25, 0.3) is 0 Å². The van der Waals surface area contributed by atoms with Gasteiger partial charge < -0.3 is 5.11 Å². The molecule has 0 fully saturated rings. The minimum atomic E-state index is -3.30. The van der Waals surface area contributed by atoms with Crippen molar-refractivity contribution in [3.05, 3.63) is 0 Å². The number of carbonyl (C=O) groups is 1. The zero-order chi connectivity index (χ0) is 13.5. The first-order valence-corrected chi connectivity index (χ1v) is 7.57. The smallest absolute Gasteiger partial charge is 0.303 e. The summed E-state index contributed by atoms with van der Waals surface area (Å²) in [5.74, 6) is -0.805. The van der Waals surface area contributed by atoms with Crippen molar-refractivity contribution in [3.8, 4) is 0 Å². The fraction of sp³-hybridized carbons (Fsp3) is 0.909. The number of hydrogen-bond donors (Lipinski definition) is 2. The monoisotopic (exact) mass is 265 g/mol. The number of unbranched alkanes of at least 4 members (excludes halogenated alkanes) is 2. The number of carboxylic acid groups (broad SMARTS) is 1. The van der Waals surface area contributed by atoms with Gasteiger partial charge in [-0.3, -0.25) is 4.79 Å². The topological polar surface area (TPSA) is 83.5 Å². The Hall–Kier alpha value is -0.620. The summed E-state index contributed by atoms with van der Waals surface area (Å²) in [6.07, 6.45) is 2.75. The third kappa shape index (κ3) is 9.12. The SMILES string of the molecule is CCCCCS(=O)(=O)NC(C)(C)CCC(=O)O. The van der Waals surface area contributed by atoms with Gasteiger partial charge in [-0.05, 0) is 26.7 Å². The van der Waals surface area contributed by atoms with Crippen LogP contribution in [0.3, 0.4) is 0 Å². The lowest BCUT2D eigenvalue weighted by Gasteiger charge is -2.25. The Labute approximate surface area is 104 Å². The van der Waals surface area contributed by atoms with Gasteiger partial charge in [0, 0.05) is 12.0 Å². The Morgan fingerprint density at radius 3 is 2.35 bits per heavy atom. The zero-order valence-corrected chi connectivity index (χ0v) is 11.6. The maximum Gasteiger partial charge on any atom is 0.303 e. The Bertz CT molecular complexity index is 335. The molecule has 0 atom stereocenters. The predicted octanol–water partition coefficient (Wildman–Crippen LogP) is 1.74. The van der Waals surface area contributed by atoms with Gasteiger partial charge in [-0.15, -0.1) is 0 Å². The average Bonchev–Trinajstić information content (AvgIpc) is 2.13. The van der Waals surface area contributed by atoms with E-state index in [-0.39, 0.29) is 18.6 Å². The van der Waals surface area contributed by atoms with Gasteiger partial charge in [-0.25, -0.2) is 13.1 Å². The first kappa shape index (κ1) is 16.4. The van der Waals surface area contributed by atoms with Crippen LogP contribution in [-0.4, -0.2) is 30.8 Å². The van der Waals surface area contributed by atoms with Crippen LogP contribution in [0.25, 0.3) is 0 Å². The molecular weight excluding hydrogens is 242 g/mol. The van der Waals surface area contributed by atoms with E-state index >= 15 is 0 Å². The summed E-state index contributed by atoms with van der Waals surface area (Å²) in [7, 11) is -3.30. The lowest BCUT2D eigenvalue weighted by Crippen LogP contribution is -2.44. The van der Waals surface area contributed by atoms with E-state index in [9.17, 15) is 13.2 Å². The van der Waals surface area contributed by atoms with Gasteiger partial charge >= 0.3 is 5.97 Å². The second-order valence-corrected chi connectivity index (χ2v) is 6.75. The molecule has 0 spiro atoms. The molecule has 0 heterocycles. The molecule has 6 heteroatoms. The highest BCUT2D eigenvalue weighted by molar-refractivity contribution is 7.89. The number of hydrogen-bond acceptors (Lipinski definition) is 3. The Morgan fingerprint density at radius 1 is 1.29 bits per heavy atom. The highest BCUT2D eigenvalue weighted by Gasteiger charge is 2.24. The standard InChI is InChI=1S/C11H23NO4S/c1-4-5-6-9-17(15,16)12-11(2,3)8-7-10(13)14/h12H,4-9H2,1-3H3,(H,13,14). The molecule has 0 aliphatic heterocycles. The molecule has 0 saturated carbocycles. The molecule has 0 rings (SSSR count). The molecule has 0 radical (unpaired) electrons. The van der Waals surface area contributed by atoms with Crippen LogP contribution in [0.15, 0.2) is 0 Å². The summed E-state index contributed by atoms with van der Waals surface area (Å²) < 4.78 is 26.0. The summed E-state index contributed by atoms with van der Waals surface area (Å²) in [6, 6.07) is 0. The molecule has 0 aromatic rings. The molecule has 17 heavy (non-hydrogen) atoms. The van der Waals surface area contributed by atoms with E-state index in [0.29, 0.717) is 6.42 Å². The van der Waals surface area contributed by atoms with E-state index < -0.39 is 21.5 Å². The van der Waals surface area contributed by atoms with Gasteiger partial charge in [0.2, 0.25) is 10.0 Å². The van der Waals surface area contributed by atoms with Gasteiger partial charge in [0.15, 0.2) is 0 Å². The molecule has 0 bridgehead atoms. The van der Waals surface area contributed by atoms with Crippen molar-refractivity contribution in [1.82, 2.24) is 4.72 Å². The van der Waals surface area contributed by atoms with Crippen molar-refractivity contribution < 1.29 is 18.3 Å². The van der Waals surface area contributed by atoms with Crippen LogP contribution in [0.1, 0.15) is 52.9 Å². The van der Waals surface area contributed by atoms with Crippen LogP contribution in [0.5, 0.6) is 0 Å². The molecule has 0 aromatic carbocycles. The first-order valence-electron chi connectivity index (χ1n) is 5.92. The molecule has 0 unspecified atom stereocenters. The predicted molar refractivity (Wildman–Crippen MR) is 67.4 cm³/mol. The molecule has 102 valence electrons. The summed E-state index contributed by atoms with van der Waals surface area (Å²) in [5, 5.41) is 8.57. The molecule has 0 aliphatic carbocycles. The second kappa shape index (κ2) is 6.96. The summed E-state index contributed by atoms with van der Waals surface area (Å²) in [4.78, 5) is 10.4.